The normalized spacial score (nSPS) is 19.1. The van der Waals surface area contributed by atoms with Crippen LogP contribution >= 0.6 is 11.8 Å². The van der Waals surface area contributed by atoms with E-state index in [2.05, 4.69) is 0 Å². The first-order valence-electron chi connectivity index (χ1n) is 42.2. The van der Waals surface area contributed by atoms with Crippen LogP contribution in [0.4, 0.5) is 169 Å². The van der Waals surface area contributed by atoms with E-state index < -0.39 is 164 Å². The maximum Gasteiger partial charge on any atom is 0.460 e. The Labute approximate surface area is 781 Å². The Morgan fingerprint density at radius 2 is 0.871 bits per heavy atom. The van der Waals surface area contributed by atoms with E-state index in [-0.39, 0.29) is 67.1 Å². The number of aromatic nitrogens is 1. The van der Waals surface area contributed by atoms with Crippen molar-refractivity contribution in [2.75, 3.05) is 19.6 Å². The summed E-state index contributed by atoms with van der Waals surface area (Å²) in [5.41, 5.74) is 3.88. The molecule has 8 aromatic rings. The van der Waals surface area contributed by atoms with Crippen molar-refractivity contribution < 1.29 is 167 Å². The minimum absolute atomic E-state index is 0. The highest BCUT2D eigenvalue weighted by Crippen LogP contribution is 2.62. The zero-order chi connectivity index (χ0) is 102. The second-order valence-corrected chi connectivity index (χ2v) is 35.9. The summed E-state index contributed by atoms with van der Waals surface area (Å²) in [6, 6.07) is 42.3. The van der Waals surface area contributed by atoms with E-state index in [0.29, 0.717) is 113 Å². The number of para-hydroxylation sites is 1. The summed E-state index contributed by atoms with van der Waals surface area (Å²) in [7, 11) is 0. The number of thioether (sulfide) groups is 1. The summed E-state index contributed by atoms with van der Waals surface area (Å²) >= 11 is 1.28. The summed E-state index contributed by atoms with van der Waals surface area (Å²) in [6.45, 7) is 2.30. The molecule has 14 rings (SSSR count). The van der Waals surface area contributed by atoms with Gasteiger partial charge in [-0.15, -0.1) is 0 Å². The smallest absolute Gasteiger partial charge is 0.347 e. The molecule has 140 heavy (non-hydrogen) atoms. The monoisotopic (exact) mass is 2050 g/mol. The van der Waals surface area contributed by atoms with Crippen molar-refractivity contribution >= 4 is 78.7 Å². The summed E-state index contributed by atoms with van der Waals surface area (Å²) in [6.07, 6.45) is -17.2. The van der Waals surface area contributed by atoms with Gasteiger partial charge in [-0.1, -0.05) is 198 Å². The highest BCUT2D eigenvalue weighted by molar-refractivity contribution is 8.03. The maximum absolute atomic E-state index is 15.0. The quantitative estimate of drug-likeness (QED) is 0.0343. The molecule has 0 amide bonds. The molecule has 1 fully saturated rings. The number of alkyl halides is 36. The molecular formula is C99H86F36N4S+2. The third kappa shape index (κ3) is 19.0. The summed E-state index contributed by atoms with van der Waals surface area (Å²) in [4.78, 5) is 2.54. The molecule has 0 radical (unpaired) electrons. The van der Waals surface area contributed by atoms with Gasteiger partial charge in [0.25, 0.3) is 0 Å². The average Bonchev–Trinajstić information content (AvgIpc) is 1.27. The van der Waals surface area contributed by atoms with E-state index in [4.69, 9.17) is 0 Å². The lowest BCUT2D eigenvalue weighted by molar-refractivity contribution is -0.454. The van der Waals surface area contributed by atoms with Gasteiger partial charge < -0.3 is 9.47 Å². The lowest BCUT2D eigenvalue weighted by Gasteiger charge is -2.35. The van der Waals surface area contributed by atoms with Crippen molar-refractivity contribution in [3.8, 4) is 0 Å². The first kappa shape index (κ1) is 110. The molecule has 3 aliphatic heterocycles. The van der Waals surface area contributed by atoms with Gasteiger partial charge in [-0.2, -0.15) is 167 Å². The number of allylic oxidation sites excluding steroid dienone is 17. The predicted molar refractivity (Wildman–Crippen MR) is 461 cm³/mol. The molecule has 1 unspecified atom stereocenters. The van der Waals surface area contributed by atoms with Gasteiger partial charge in [-0.05, 0) is 139 Å². The summed E-state index contributed by atoms with van der Waals surface area (Å²) in [5, 5.41) is 2.48. The largest absolute Gasteiger partial charge is 0.460 e. The Morgan fingerprint density at radius 1 is 0.407 bits per heavy atom. The van der Waals surface area contributed by atoms with Crippen molar-refractivity contribution in [1.82, 2.24) is 9.47 Å². The molecule has 4 nitrogen and oxygen atoms in total. The molecule has 7 aromatic carbocycles. The molecule has 1 aromatic heterocycles. The molecule has 1 atom stereocenters. The highest BCUT2D eigenvalue weighted by Gasteiger charge is 2.85. The molecule has 0 saturated carbocycles. The first-order valence-corrected chi connectivity index (χ1v) is 43.0. The van der Waals surface area contributed by atoms with Crippen molar-refractivity contribution in [1.29, 1.82) is 0 Å². The third-order valence-corrected chi connectivity index (χ3v) is 26.8. The van der Waals surface area contributed by atoms with Gasteiger partial charge in [0.1, 0.15) is 0 Å². The molecule has 4 heterocycles. The van der Waals surface area contributed by atoms with E-state index in [1.807, 2.05) is 0 Å². The fourth-order valence-corrected chi connectivity index (χ4v) is 19.2. The van der Waals surface area contributed by atoms with E-state index >= 15 is 0 Å². The van der Waals surface area contributed by atoms with Gasteiger partial charge in [0.05, 0.1) is 29.2 Å². The minimum Gasteiger partial charge on any atom is -0.347 e. The van der Waals surface area contributed by atoms with Crippen LogP contribution in [-0.4, -0.2) is 145 Å². The van der Waals surface area contributed by atoms with Gasteiger partial charge in [0.2, 0.25) is 17.1 Å². The average molecular weight is 2050 g/mol. The van der Waals surface area contributed by atoms with Crippen molar-refractivity contribution in [3.05, 3.63) is 279 Å². The van der Waals surface area contributed by atoms with E-state index in [0.717, 1.165) is 13.7 Å². The number of likely N-dealkylation sites (tertiary alicyclic amines) is 1. The van der Waals surface area contributed by atoms with Crippen molar-refractivity contribution in [2.24, 2.45) is 11.3 Å². The van der Waals surface area contributed by atoms with Crippen molar-refractivity contribution in [3.63, 3.8) is 0 Å². The van der Waals surface area contributed by atoms with Crippen molar-refractivity contribution in [2.45, 2.75) is 219 Å². The molecule has 758 valence electrons. The number of fused-ring (bicyclic) bond motifs is 2. The Bertz CT molecular complexity index is 6380. The fourth-order valence-electron chi connectivity index (χ4n) is 18.1. The third-order valence-electron chi connectivity index (χ3n) is 25.6. The van der Waals surface area contributed by atoms with Crippen LogP contribution in [0.15, 0.2) is 262 Å². The Morgan fingerprint density at radius 3 is 1.42 bits per heavy atom. The van der Waals surface area contributed by atoms with Gasteiger partial charge in [0, 0.05) is 110 Å². The number of aryl methyl sites for hydroxylation is 1. The Kier molecular flexibility index (Phi) is 29.9. The van der Waals surface area contributed by atoms with Crippen LogP contribution in [-0.2, 0) is 12.0 Å². The van der Waals surface area contributed by atoms with Crippen LogP contribution in [0.1, 0.15) is 123 Å². The predicted octanol–water partition coefficient (Wildman–Crippen LogP) is 32.5. The standard InChI is InChI=1S/C49H33F18N2.C48H45F18N2S.2CH4/c50-42(51,44(54,55)46(58,59)48(62,63)64)24-26-68-35(33-14-4-10-29-12-6-16-37(68)40(29)33)22-20-31-18-19-32(39(31)28-8-2-1-3-9-28)21-23-36-34-15-5-11-30-13-7-17-38(41(30)34)69(36)27-25-43(52,53)45(56,57)47(60,61)49(65,66)67;1-39(2)32-17-8-10-19-34(32)67(27-25-41(49,50)43(53,54)45(57,58)47(61,62)63)36(39)23-21-29-13-12-14-30(38(29)69-31-15-6-5-7-16-31)22-24-37-40(3,4)33-18-9-11-20-35(33)68(37)28-26-42(51,52)44(55,56)46(59,60)48(64,65)66;;/h1-17,20-23H,18-19,24-27H2;5-11,15-17,19-24,33H,12-14,18,25-28H2,1-4H3;2*1H4/q2*+1;;. The van der Waals surface area contributed by atoms with Crippen LogP contribution < -0.4 is 5.35 Å². The summed E-state index contributed by atoms with van der Waals surface area (Å²) in [5.74, 6) is -79.4. The molecule has 0 spiro atoms. The lowest BCUT2D eigenvalue weighted by Crippen LogP contribution is -2.61. The topological polar surface area (TPSA) is 14.2 Å². The van der Waals surface area contributed by atoms with Crippen LogP contribution in [0.3, 0.4) is 0 Å². The number of benzene rings is 7. The second kappa shape index (κ2) is 38.2. The van der Waals surface area contributed by atoms with Gasteiger partial charge >= 0.3 is 95.8 Å². The van der Waals surface area contributed by atoms with Gasteiger partial charge in [0.15, 0.2) is 18.8 Å². The lowest BCUT2D eigenvalue weighted by atomic mass is 9.75. The second-order valence-electron chi connectivity index (χ2n) is 34.9. The van der Waals surface area contributed by atoms with E-state index in [1.165, 1.54) is 77.4 Å². The fraction of sp³-hybridized carbons (Fsp3) is 0.394. The van der Waals surface area contributed by atoms with E-state index in [1.54, 1.807) is 192 Å². The molecule has 0 N–H and O–H groups in total. The Hall–Kier alpha value is -10.8. The van der Waals surface area contributed by atoms with Crippen LogP contribution in [0, 0.1) is 11.3 Å². The highest BCUT2D eigenvalue weighted by atomic mass is 32.2. The molecule has 6 aliphatic rings. The van der Waals surface area contributed by atoms with Crippen LogP contribution in [0.25, 0.3) is 44.1 Å². The SMILES string of the molecule is C.C.CC1(C)C(C=CC2=C(Sc3ccccc3)C(=CC=C3N(CCC(F)(F)C(F)(F)C(F)(F)C(F)(F)F)C4=CC=CCC4C3(C)C)CCC2)=[N+](CCC(F)(F)C(F)(F)C(F)(F)C(F)(F)F)c2ccccc21.FC(F)(F)C(F)(F)C(F)(F)C(F)(F)CCn1/c(=C/C=C2\CCC(/C=C/C3=[N+](CCC(F)(F)C(F)(F)C(F)(F)C(F)(F)F)c4cccc5cccc3c45)=C2c2ccccc2)c2cccc3cccc1c32. The summed E-state index contributed by atoms with van der Waals surface area (Å²) < 4.78 is 505. The van der Waals surface area contributed by atoms with Gasteiger partial charge in [-0.3, -0.25) is 0 Å². The zero-order valence-corrected chi connectivity index (χ0v) is 73.0. The minimum atomic E-state index is -7.08. The number of nitrogens with zero attached hydrogens (tertiary/aromatic N) is 4. The number of rotatable bonds is 29. The molecule has 0 bridgehead atoms. The first-order chi connectivity index (χ1) is 63.6. The van der Waals surface area contributed by atoms with E-state index in [9.17, 15) is 158 Å². The maximum atomic E-state index is 15.0. The molecule has 3 aliphatic carbocycles. The van der Waals surface area contributed by atoms with Crippen LogP contribution in [0.5, 0.6) is 0 Å². The van der Waals surface area contributed by atoms with Gasteiger partial charge in [-0.25, -0.2) is 0 Å². The molecule has 41 heteroatoms. The molecule has 1 saturated heterocycles. The number of halogens is 36. The van der Waals surface area contributed by atoms with Crippen LogP contribution in [0.2, 0.25) is 0 Å². The number of hydrogen-bond donors (Lipinski definition) is 0. The zero-order valence-electron chi connectivity index (χ0n) is 72.1. The number of hydrogen-bond acceptors (Lipinski definition) is 2. The Balaban J connectivity index is 0.000000264. The molecular weight excluding hydrogens is 1960 g/mol.